The maximum atomic E-state index is 11.1. The van der Waals surface area contributed by atoms with Gasteiger partial charge in [0.1, 0.15) is 0 Å². The lowest BCUT2D eigenvalue weighted by molar-refractivity contribution is -0.613. The summed E-state index contributed by atoms with van der Waals surface area (Å²) in [6.07, 6.45) is 1.65. The van der Waals surface area contributed by atoms with Crippen LogP contribution in [-0.4, -0.2) is 4.92 Å². The molecule has 1 rings (SSSR count). The summed E-state index contributed by atoms with van der Waals surface area (Å²) in [5.74, 6) is 0. The van der Waals surface area contributed by atoms with Crippen LogP contribution in [0.2, 0.25) is 0 Å². The second-order valence-corrected chi connectivity index (χ2v) is 2.70. The quantitative estimate of drug-likeness (QED) is 0.297. The number of hydrogen-bond acceptors (Lipinski definition) is 3. The molecule has 0 saturated carbocycles. The van der Waals surface area contributed by atoms with Gasteiger partial charge in [0.15, 0.2) is 11.9 Å². The minimum atomic E-state index is -0.466. The standard InChI is InChI=1S/C8H10N2O3/c1-3-7-6(2)9(11)5-4-8(7)10(12)13/h4-5H,3H2,1-2H3. The van der Waals surface area contributed by atoms with E-state index in [-0.39, 0.29) is 5.69 Å². The van der Waals surface area contributed by atoms with Crippen molar-refractivity contribution in [1.29, 1.82) is 0 Å². The molecule has 0 atom stereocenters. The minimum absolute atomic E-state index is 0.0205. The lowest BCUT2D eigenvalue weighted by Crippen LogP contribution is -2.31. The molecule has 0 aromatic carbocycles. The third-order valence-electron chi connectivity index (χ3n) is 1.99. The van der Waals surface area contributed by atoms with E-state index in [1.807, 2.05) is 0 Å². The number of rotatable bonds is 2. The predicted octanol–water partition coefficient (Wildman–Crippen LogP) is 1.10. The van der Waals surface area contributed by atoms with E-state index in [0.717, 1.165) is 6.20 Å². The fraction of sp³-hybridized carbons (Fsp3) is 0.375. The van der Waals surface area contributed by atoms with Gasteiger partial charge in [0, 0.05) is 6.92 Å². The average molecular weight is 182 g/mol. The van der Waals surface area contributed by atoms with Crippen LogP contribution in [0.4, 0.5) is 5.69 Å². The SMILES string of the molecule is CCc1c([N+](=O)[O-])cc[n+]([O-])c1C. The number of nitrogens with zero attached hydrogens (tertiary/aromatic N) is 2. The van der Waals surface area contributed by atoms with Crippen molar-refractivity contribution in [1.82, 2.24) is 0 Å². The van der Waals surface area contributed by atoms with Crippen LogP contribution >= 0.6 is 0 Å². The molecule has 1 aromatic rings. The predicted molar refractivity (Wildman–Crippen MR) is 46.2 cm³/mol. The Morgan fingerprint density at radius 1 is 1.62 bits per heavy atom. The van der Waals surface area contributed by atoms with E-state index < -0.39 is 4.92 Å². The molecule has 0 N–H and O–H groups in total. The Kier molecular flexibility index (Phi) is 2.46. The molecule has 1 aromatic heterocycles. The third-order valence-corrected chi connectivity index (χ3v) is 1.99. The molecule has 0 aliphatic rings. The molecule has 70 valence electrons. The monoisotopic (exact) mass is 182 g/mol. The van der Waals surface area contributed by atoms with E-state index in [1.54, 1.807) is 13.8 Å². The molecule has 13 heavy (non-hydrogen) atoms. The van der Waals surface area contributed by atoms with Gasteiger partial charge < -0.3 is 5.21 Å². The Labute approximate surface area is 75.4 Å². The molecule has 0 amide bonds. The molecule has 0 radical (unpaired) electrons. The highest BCUT2D eigenvalue weighted by Gasteiger charge is 2.19. The average Bonchev–Trinajstić information content (AvgIpc) is 2.09. The van der Waals surface area contributed by atoms with E-state index in [2.05, 4.69) is 0 Å². The molecule has 0 spiro atoms. The summed E-state index contributed by atoms with van der Waals surface area (Å²) >= 11 is 0. The van der Waals surface area contributed by atoms with E-state index in [4.69, 9.17) is 0 Å². The van der Waals surface area contributed by atoms with Crippen molar-refractivity contribution in [3.63, 3.8) is 0 Å². The van der Waals surface area contributed by atoms with Crippen molar-refractivity contribution < 1.29 is 9.65 Å². The van der Waals surface area contributed by atoms with Gasteiger partial charge >= 0.3 is 0 Å². The van der Waals surface area contributed by atoms with Gasteiger partial charge in [-0.25, -0.2) is 0 Å². The van der Waals surface area contributed by atoms with Gasteiger partial charge in [-0.3, -0.25) is 10.1 Å². The highest BCUT2D eigenvalue weighted by molar-refractivity contribution is 5.39. The number of aromatic nitrogens is 1. The van der Waals surface area contributed by atoms with Crippen LogP contribution in [-0.2, 0) is 6.42 Å². The second kappa shape index (κ2) is 3.38. The molecular weight excluding hydrogens is 172 g/mol. The molecule has 0 fully saturated rings. The van der Waals surface area contributed by atoms with Crippen LogP contribution in [0, 0.1) is 22.2 Å². The van der Waals surface area contributed by atoms with Gasteiger partial charge in [0.05, 0.1) is 16.6 Å². The van der Waals surface area contributed by atoms with Crippen molar-refractivity contribution in [2.75, 3.05) is 0 Å². The zero-order valence-corrected chi connectivity index (χ0v) is 7.48. The second-order valence-electron chi connectivity index (χ2n) is 2.70. The summed E-state index contributed by atoms with van der Waals surface area (Å²) < 4.78 is 0.645. The van der Waals surface area contributed by atoms with Gasteiger partial charge in [-0.15, -0.1) is 0 Å². The van der Waals surface area contributed by atoms with Crippen molar-refractivity contribution in [3.05, 3.63) is 38.8 Å². The molecule has 0 bridgehead atoms. The third kappa shape index (κ3) is 1.58. The van der Waals surface area contributed by atoms with Crippen molar-refractivity contribution in [2.45, 2.75) is 20.3 Å². The number of nitro groups is 1. The van der Waals surface area contributed by atoms with Crippen LogP contribution in [0.1, 0.15) is 18.2 Å². The summed E-state index contributed by atoms with van der Waals surface area (Å²) in [4.78, 5) is 10.1. The molecule has 0 saturated heterocycles. The number of hydrogen-bond donors (Lipinski definition) is 0. The Bertz CT molecular complexity index is 349. The van der Waals surface area contributed by atoms with E-state index in [1.165, 1.54) is 6.07 Å². The highest BCUT2D eigenvalue weighted by atomic mass is 16.6. The van der Waals surface area contributed by atoms with Crippen molar-refractivity contribution >= 4 is 5.69 Å². The van der Waals surface area contributed by atoms with E-state index in [0.29, 0.717) is 22.4 Å². The van der Waals surface area contributed by atoms with E-state index >= 15 is 0 Å². The van der Waals surface area contributed by atoms with E-state index in [9.17, 15) is 15.3 Å². The highest BCUT2D eigenvalue weighted by Crippen LogP contribution is 2.19. The maximum Gasteiger partial charge on any atom is 0.284 e. The summed E-state index contributed by atoms with van der Waals surface area (Å²) in [7, 11) is 0. The van der Waals surface area contributed by atoms with Crippen LogP contribution in [0.25, 0.3) is 0 Å². The smallest absolute Gasteiger partial charge is 0.284 e. The first-order valence-corrected chi connectivity index (χ1v) is 3.94. The fourth-order valence-electron chi connectivity index (χ4n) is 1.28. The Morgan fingerprint density at radius 2 is 2.23 bits per heavy atom. The molecular formula is C8H10N2O3. The Hall–Kier alpha value is -1.65. The molecule has 0 aliphatic carbocycles. The normalized spacial score (nSPS) is 10.0. The lowest BCUT2D eigenvalue weighted by Gasteiger charge is -2.04. The molecule has 0 unspecified atom stereocenters. The summed E-state index contributed by atoms with van der Waals surface area (Å²) in [6, 6.07) is 1.23. The Morgan fingerprint density at radius 3 is 2.69 bits per heavy atom. The fourth-order valence-corrected chi connectivity index (χ4v) is 1.28. The Balaban J connectivity index is 3.38. The van der Waals surface area contributed by atoms with Crippen molar-refractivity contribution in [2.24, 2.45) is 0 Å². The molecule has 1 heterocycles. The van der Waals surface area contributed by atoms with Crippen LogP contribution in [0.15, 0.2) is 12.3 Å². The number of pyridine rings is 1. The van der Waals surface area contributed by atoms with Gasteiger partial charge in [-0.2, -0.15) is 4.73 Å². The summed E-state index contributed by atoms with van der Waals surface area (Å²) in [5.41, 5.74) is 0.923. The summed E-state index contributed by atoms with van der Waals surface area (Å²) in [5, 5.41) is 21.6. The van der Waals surface area contributed by atoms with Crippen LogP contribution in [0.3, 0.4) is 0 Å². The topological polar surface area (TPSA) is 70.1 Å². The van der Waals surface area contributed by atoms with Gasteiger partial charge in [0.25, 0.3) is 5.69 Å². The lowest BCUT2D eigenvalue weighted by atomic mass is 10.1. The zero-order chi connectivity index (χ0) is 10.0. The first kappa shape index (κ1) is 9.44. The van der Waals surface area contributed by atoms with Gasteiger partial charge in [-0.1, -0.05) is 6.92 Å². The molecule has 0 aliphatic heterocycles. The molecule has 5 heteroatoms. The van der Waals surface area contributed by atoms with Crippen molar-refractivity contribution in [3.8, 4) is 0 Å². The van der Waals surface area contributed by atoms with Gasteiger partial charge in [-0.05, 0) is 6.42 Å². The largest absolute Gasteiger partial charge is 0.618 e. The summed E-state index contributed by atoms with van der Waals surface area (Å²) in [6.45, 7) is 3.37. The zero-order valence-electron chi connectivity index (χ0n) is 7.48. The minimum Gasteiger partial charge on any atom is -0.618 e. The van der Waals surface area contributed by atoms with Gasteiger partial charge in [0.2, 0.25) is 0 Å². The van der Waals surface area contributed by atoms with Crippen LogP contribution in [0.5, 0.6) is 0 Å². The molecule has 5 nitrogen and oxygen atoms in total. The maximum absolute atomic E-state index is 11.1. The first-order chi connectivity index (χ1) is 6.07. The van der Waals surface area contributed by atoms with Crippen LogP contribution < -0.4 is 4.73 Å². The first-order valence-electron chi connectivity index (χ1n) is 3.94.